The molecule has 8 N–H and O–H groups in total. The van der Waals surface area contributed by atoms with Crippen molar-refractivity contribution in [2.24, 2.45) is 0 Å². The fourth-order valence-corrected chi connectivity index (χ4v) is 4.52. The van der Waals surface area contributed by atoms with Gasteiger partial charge in [0.2, 0.25) is 11.7 Å². The van der Waals surface area contributed by atoms with E-state index < -0.39 is 73.1 Å². The van der Waals surface area contributed by atoms with Crippen LogP contribution in [0.5, 0.6) is 17.2 Å². The number of aliphatic hydroxyl groups excluding tert-OH is 6. The van der Waals surface area contributed by atoms with Gasteiger partial charge >= 0.3 is 0 Å². The molecule has 14 heteroatoms. The van der Waals surface area contributed by atoms with Gasteiger partial charge in [-0.1, -0.05) is 12.1 Å². The molecule has 0 saturated carbocycles. The van der Waals surface area contributed by atoms with E-state index in [1.807, 2.05) is 0 Å². The van der Waals surface area contributed by atoms with E-state index in [9.17, 15) is 45.6 Å². The van der Waals surface area contributed by atoms with Gasteiger partial charge in [0, 0.05) is 12.1 Å². The second kappa shape index (κ2) is 11.3. The highest BCUT2D eigenvalue weighted by atomic mass is 16.7. The molecule has 2 aliphatic rings. The topological polar surface area (TPSA) is 229 Å². The Morgan fingerprint density at radius 2 is 1.55 bits per heavy atom. The summed E-state index contributed by atoms with van der Waals surface area (Å²) in [4.78, 5) is 13.1. The molecule has 2 saturated heterocycles. The van der Waals surface area contributed by atoms with Crippen LogP contribution in [0.2, 0.25) is 0 Å². The molecule has 0 unspecified atom stereocenters. The van der Waals surface area contributed by atoms with Gasteiger partial charge in [-0.2, -0.15) is 0 Å². The fraction of sp³-hybridized carbons (Fsp3) is 0.423. The Morgan fingerprint density at radius 3 is 2.27 bits per heavy atom. The number of phenolic OH excluding ortho intramolecular Hbond substituents is 2. The molecule has 40 heavy (non-hydrogen) atoms. The lowest BCUT2D eigenvalue weighted by molar-refractivity contribution is -0.307. The maximum atomic E-state index is 13.1. The van der Waals surface area contributed by atoms with Crippen molar-refractivity contribution in [1.82, 2.24) is 0 Å². The lowest BCUT2D eigenvalue weighted by Gasteiger charge is -2.41. The molecule has 3 heterocycles. The Hall–Kier alpha value is -3.31. The van der Waals surface area contributed by atoms with Crippen LogP contribution in [-0.4, -0.2) is 109 Å². The lowest BCUT2D eigenvalue weighted by atomic mass is 9.99. The van der Waals surface area contributed by atoms with Crippen molar-refractivity contribution in [2.75, 3.05) is 13.2 Å². The second-order valence-electron chi connectivity index (χ2n) is 9.56. The number of aliphatic hydroxyl groups is 6. The number of ether oxygens (including phenoxy) is 4. The third-order valence-corrected chi connectivity index (χ3v) is 6.81. The van der Waals surface area contributed by atoms with Gasteiger partial charge < -0.3 is 64.2 Å². The highest BCUT2D eigenvalue weighted by Gasteiger charge is 2.46. The molecule has 0 aliphatic carbocycles. The molecular formula is C26H28O14. The molecule has 0 bridgehead atoms. The van der Waals surface area contributed by atoms with E-state index in [0.29, 0.717) is 5.56 Å². The Labute approximate surface area is 225 Å². The third kappa shape index (κ3) is 5.36. The molecule has 0 spiro atoms. The molecule has 0 radical (unpaired) electrons. The molecular weight excluding hydrogens is 536 g/mol. The monoisotopic (exact) mass is 564 g/mol. The van der Waals surface area contributed by atoms with Crippen LogP contribution in [0.25, 0.3) is 22.1 Å². The number of hydrogen-bond acceptors (Lipinski definition) is 14. The van der Waals surface area contributed by atoms with Crippen molar-refractivity contribution < 1.29 is 64.2 Å². The minimum absolute atomic E-state index is 0.00988. The molecule has 5 rings (SSSR count). The second-order valence-corrected chi connectivity index (χ2v) is 9.56. The highest BCUT2D eigenvalue weighted by Crippen LogP contribution is 2.33. The number of phenols is 2. The summed E-state index contributed by atoms with van der Waals surface area (Å²) < 4.78 is 27.2. The van der Waals surface area contributed by atoms with Gasteiger partial charge in [0.25, 0.3) is 0 Å². The molecule has 2 aliphatic heterocycles. The Kier molecular flexibility index (Phi) is 7.96. The predicted molar refractivity (Wildman–Crippen MR) is 132 cm³/mol. The van der Waals surface area contributed by atoms with Gasteiger partial charge in [0.15, 0.2) is 6.29 Å². The number of benzene rings is 2. The van der Waals surface area contributed by atoms with E-state index in [0.717, 1.165) is 6.07 Å². The number of aromatic hydroxyl groups is 2. The average Bonchev–Trinajstić information content (AvgIpc) is 2.93. The maximum absolute atomic E-state index is 13.1. The van der Waals surface area contributed by atoms with Gasteiger partial charge in [-0.25, -0.2) is 0 Å². The van der Waals surface area contributed by atoms with Crippen LogP contribution < -0.4 is 10.2 Å². The smallest absolute Gasteiger partial charge is 0.229 e. The van der Waals surface area contributed by atoms with Crippen molar-refractivity contribution in [3.63, 3.8) is 0 Å². The largest absolute Gasteiger partial charge is 0.508 e. The van der Waals surface area contributed by atoms with E-state index in [1.165, 1.54) is 36.6 Å². The van der Waals surface area contributed by atoms with E-state index in [-0.39, 0.29) is 34.6 Å². The van der Waals surface area contributed by atoms with Crippen molar-refractivity contribution >= 4 is 11.0 Å². The number of rotatable bonds is 6. The Bertz CT molecular complexity index is 1390. The first-order valence-electron chi connectivity index (χ1n) is 12.3. The standard InChI is InChI=1S/C26H28O14/c27-11-3-1-10(2-4-11)13-7-36-16-6-12(5-14(28)18(16)19(13)30)39-26-24(35)22(33)21(32)17(40-26)9-38-25-23(34)20(31)15(29)8-37-25/h1-7,15,17,20-29,31-35H,8-9H2/t15-,17-,20+,21-,22+,23-,24-,25+,26-/m1/s1. The molecule has 2 aromatic carbocycles. The van der Waals surface area contributed by atoms with Crippen molar-refractivity contribution in [3.8, 4) is 28.4 Å². The van der Waals surface area contributed by atoms with Crippen molar-refractivity contribution in [3.05, 3.63) is 52.9 Å². The first-order valence-corrected chi connectivity index (χ1v) is 12.3. The van der Waals surface area contributed by atoms with Crippen LogP contribution >= 0.6 is 0 Å². The van der Waals surface area contributed by atoms with Gasteiger partial charge in [0.1, 0.15) is 77.2 Å². The summed E-state index contributed by atoms with van der Waals surface area (Å²) in [5, 5.41) is 80.5. The zero-order valence-electron chi connectivity index (χ0n) is 20.7. The number of hydrogen-bond donors (Lipinski definition) is 8. The SMILES string of the molecule is O=c1c(-c2ccc(O)cc2)coc2cc(O[C@@H]3O[C@H](CO[C@@H]4OC[C@@H](O)[C@H](O)[C@H]4O)[C@@H](O)[C@H](O)[C@H]3O)cc(O)c12. The predicted octanol–water partition coefficient (Wildman–Crippen LogP) is -1.49. The summed E-state index contributed by atoms with van der Waals surface area (Å²) in [5.41, 5.74) is -0.0241. The summed E-state index contributed by atoms with van der Waals surface area (Å²) >= 11 is 0. The molecule has 9 atom stereocenters. The molecule has 3 aromatic rings. The van der Waals surface area contributed by atoms with Crippen molar-refractivity contribution in [2.45, 2.75) is 55.3 Å². The van der Waals surface area contributed by atoms with Crippen molar-refractivity contribution in [1.29, 1.82) is 0 Å². The average molecular weight is 564 g/mol. The first kappa shape index (κ1) is 28.2. The van der Waals surface area contributed by atoms with Crippen LogP contribution in [0, 0.1) is 0 Å². The van der Waals surface area contributed by atoms with Crippen LogP contribution in [0.1, 0.15) is 0 Å². The molecule has 1 aromatic heterocycles. The quantitative estimate of drug-likeness (QED) is 0.171. The zero-order chi connectivity index (χ0) is 28.7. The van der Waals surface area contributed by atoms with Gasteiger partial charge in [-0.15, -0.1) is 0 Å². The number of fused-ring (bicyclic) bond motifs is 1. The first-order chi connectivity index (χ1) is 19.0. The third-order valence-electron chi connectivity index (χ3n) is 6.81. The Morgan fingerprint density at radius 1 is 0.850 bits per heavy atom. The van der Waals surface area contributed by atoms with Gasteiger partial charge in [-0.05, 0) is 17.7 Å². The summed E-state index contributed by atoms with van der Waals surface area (Å²) in [6.45, 7) is -0.796. The van der Waals surface area contributed by atoms with Crippen LogP contribution in [0.15, 0.2) is 51.9 Å². The van der Waals surface area contributed by atoms with Crippen LogP contribution in [0.3, 0.4) is 0 Å². The Balaban J connectivity index is 1.33. The summed E-state index contributed by atoms with van der Waals surface area (Å²) in [6, 6.07) is 8.15. The van der Waals surface area contributed by atoms with Crippen LogP contribution in [-0.2, 0) is 14.2 Å². The zero-order valence-corrected chi connectivity index (χ0v) is 20.7. The van der Waals surface area contributed by atoms with Gasteiger partial charge in [0.05, 0.1) is 18.8 Å². The summed E-state index contributed by atoms with van der Waals surface area (Å²) in [7, 11) is 0. The fourth-order valence-electron chi connectivity index (χ4n) is 4.52. The highest BCUT2D eigenvalue weighted by molar-refractivity contribution is 5.88. The summed E-state index contributed by atoms with van der Waals surface area (Å²) in [5.74, 6) is -0.603. The minimum Gasteiger partial charge on any atom is -0.508 e. The molecule has 14 nitrogen and oxygen atoms in total. The van der Waals surface area contributed by atoms with E-state index in [2.05, 4.69) is 0 Å². The van der Waals surface area contributed by atoms with E-state index in [4.69, 9.17) is 23.4 Å². The summed E-state index contributed by atoms with van der Waals surface area (Å²) in [6.07, 6.45) is -12.7. The van der Waals surface area contributed by atoms with Gasteiger partial charge in [-0.3, -0.25) is 4.79 Å². The lowest BCUT2D eigenvalue weighted by Crippen LogP contribution is -2.61. The molecule has 0 amide bonds. The minimum atomic E-state index is -1.75. The van der Waals surface area contributed by atoms with Crippen LogP contribution in [0.4, 0.5) is 0 Å². The maximum Gasteiger partial charge on any atom is 0.229 e. The molecule has 216 valence electrons. The van der Waals surface area contributed by atoms with E-state index >= 15 is 0 Å². The van der Waals surface area contributed by atoms with E-state index in [1.54, 1.807) is 0 Å². The molecule has 2 fully saturated rings. The normalized spacial score (nSPS) is 32.7.